The Bertz CT molecular complexity index is 885. The smallest absolute Gasteiger partial charge is 0.310 e. The van der Waals surface area contributed by atoms with Crippen molar-refractivity contribution in [3.05, 3.63) is 11.6 Å². The standard InChI is InChI=1S/C30H48O3/c1-25(2)14-16-30(24(32)33)17-15-28(6)19(20(30)18-25)8-9-22-27(5)12-11-23(31)26(3,4)21(27)10-13-29(22,28)7/h8,20-23,31H,9-18H2,1-7H3,(H,32,33)/t20-,21?,22?,23?,27-,28-,29+,30?/m0/s1. The quantitative estimate of drug-likeness (QED) is 0.409. The summed E-state index contributed by atoms with van der Waals surface area (Å²) in [4.78, 5) is 12.8. The average molecular weight is 457 g/mol. The molecule has 0 aromatic carbocycles. The van der Waals surface area contributed by atoms with Crippen LogP contribution >= 0.6 is 0 Å². The van der Waals surface area contributed by atoms with E-state index in [4.69, 9.17) is 0 Å². The van der Waals surface area contributed by atoms with Crippen molar-refractivity contribution in [1.82, 2.24) is 0 Å². The summed E-state index contributed by atoms with van der Waals surface area (Å²) in [5, 5.41) is 21.4. The van der Waals surface area contributed by atoms with Crippen molar-refractivity contribution in [3.63, 3.8) is 0 Å². The predicted molar refractivity (Wildman–Crippen MR) is 133 cm³/mol. The largest absolute Gasteiger partial charge is 0.481 e. The van der Waals surface area contributed by atoms with E-state index in [1.54, 1.807) is 0 Å². The molecule has 0 radical (unpaired) electrons. The van der Waals surface area contributed by atoms with Gasteiger partial charge in [0.2, 0.25) is 0 Å². The maximum absolute atomic E-state index is 12.8. The summed E-state index contributed by atoms with van der Waals surface area (Å²) in [6, 6.07) is 0. The van der Waals surface area contributed by atoms with E-state index >= 15 is 0 Å². The third-order valence-corrected chi connectivity index (χ3v) is 13.0. The summed E-state index contributed by atoms with van der Waals surface area (Å²) in [7, 11) is 0. The second kappa shape index (κ2) is 6.89. The number of allylic oxidation sites excluding steroid dienone is 2. The lowest BCUT2D eigenvalue weighted by Crippen LogP contribution is -2.65. The molecule has 0 aromatic heterocycles. The van der Waals surface area contributed by atoms with Crippen LogP contribution in [0.2, 0.25) is 0 Å². The first kappa shape index (κ1) is 23.9. The van der Waals surface area contributed by atoms with E-state index < -0.39 is 11.4 Å². The Morgan fingerprint density at radius 2 is 1.55 bits per heavy atom. The molecule has 0 heterocycles. The Hall–Kier alpha value is -0.830. The average Bonchev–Trinajstić information content (AvgIpc) is 2.71. The summed E-state index contributed by atoms with van der Waals surface area (Å²) in [6.45, 7) is 16.9. The number of hydrogen-bond donors (Lipinski definition) is 2. The van der Waals surface area contributed by atoms with Gasteiger partial charge in [-0.1, -0.05) is 60.1 Å². The number of carboxylic acid groups (broad SMARTS) is 1. The lowest BCUT2D eigenvalue weighted by Gasteiger charge is -2.71. The molecule has 5 aliphatic rings. The fourth-order valence-electron chi connectivity index (χ4n) is 10.6. The van der Waals surface area contributed by atoms with Crippen LogP contribution < -0.4 is 0 Å². The van der Waals surface area contributed by atoms with Gasteiger partial charge in [0.05, 0.1) is 11.5 Å². The van der Waals surface area contributed by atoms with Crippen LogP contribution in [0.1, 0.15) is 113 Å². The number of aliphatic hydroxyl groups excluding tert-OH is 1. The van der Waals surface area contributed by atoms with E-state index in [1.807, 2.05) is 0 Å². The van der Waals surface area contributed by atoms with Gasteiger partial charge in [-0.3, -0.25) is 4.79 Å². The maximum atomic E-state index is 12.8. The number of aliphatic hydroxyl groups is 1. The van der Waals surface area contributed by atoms with Crippen LogP contribution in [0.15, 0.2) is 11.6 Å². The van der Waals surface area contributed by atoms with Gasteiger partial charge in [-0.15, -0.1) is 0 Å². The second-order valence-corrected chi connectivity index (χ2v) is 15.1. The first-order chi connectivity index (χ1) is 15.1. The molecule has 0 saturated heterocycles. The number of rotatable bonds is 1. The Kier molecular flexibility index (Phi) is 4.99. The molecule has 3 heteroatoms. The molecule has 5 rings (SSSR count). The van der Waals surface area contributed by atoms with Crippen molar-refractivity contribution >= 4 is 5.97 Å². The van der Waals surface area contributed by atoms with Gasteiger partial charge in [0.15, 0.2) is 0 Å². The summed E-state index contributed by atoms with van der Waals surface area (Å²) in [5.41, 5.74) is 1.68. The Morgan fingerprint density at radius 3 is 2.21 bits per heavy atom. The van der Waals surface area contributed by atoms with E-state index in [0.29, 0.717) is 11.8 Å². The molecule has 4 unspecified atom stereocenters. The van der Waals surface area contributed by atoms with Gasteiger partial charge < -0.3 is 10.2 Å². The van der Waals surface area contributed by atoms with Gasteiger partial charge in [0.25, 0.3) is 0 Å². The molecule has 3 nitrogen and oxygen atoms in total. The van der Waals surface area contributed by atoms with Crippen molar-refractivity contribution in [2.75, 3.05) is 0 Å². The van der Waals surface area contributed by atoms with Gasteiger partial charge in [-0.05, 0) is 109 Å². The molecule has 4 saturated carbocycles. The number of aliphatic carboxylic acids is 1. The summed E-state index contributed by atoms with van der Waals surface area (Å²) in [5.74, 6) is 0.807. The van der Waals surface area contributed by atoms with Gasteiger partial charge in [-0.25, -0.2) is 0 Å². The molecule has 8 atom stereocenters. The maximum Gasteiger partial charge on any atom is 0.310 e. The molecular formula is C30H48O3. The highest BCUT2D eigenvalue weighted by atomic mass is 16.4. The van der Waals surface area contributed by atoms with Gasteiger partial charge in [0, 0.05) is 0 Å². The van der Waals surface area contributed by atoms with E-state index in [2.05, 4.69) is 54.5 Å². The predicted octanol–water partition coefficient (Wildman–Crippen LogP) is 7.23. The molecule has 186 valence electrons. The van der Waals surface area contributed by atoms with Crippen molar-refractivity contribution < 1.29 is 15.0 Å². The normalized spacial score (nSPS) is 52.4. The van der Waals surface area contributed by atoms with Crippen molar-refractivity contribution in [2.24, 2.45) is 50.2 Å². The van der Waals surface area contributed by atoms with E-state index in [-0.39, 0.29) is 39.1 Å². The zero-order chi connectivity index (χ0) is 24.2. The second-order valence-electron chi connectivity index (χ2n) is 15.1. The minimum absolute atomic E-state index is 0.0301. The summed E-state index contributed by atoms with van der Waals surface area (Å²) < 4.78 is 0. The minimum Gasteiger partial charge on any atom is -0.481 e. The van der Waals surface area contributed by atoms with Gasteiger partial charge in [0.1, 0.15) is 0 Å². The molecule has 0 amide bonds. The zero-order valence-corrected chi connectivity index (χ0v) is 22.3. The van der Waals surface area contributed by atoms with Gasteiger partial charge >= 0.3 is 5.97 Å². The topological polar surface area (TPSA) is 57.5 Å². The number of carboxylic acids is 1. The molecule has 0 spiro atoms. The fraction of sp³-hybridized carbons (Fsp3) is 0.900. The zero-order valence-electron chi connectivity index (χ0n) is 22.3. The lowest BCUT2D eigenvalue weighted by atomic mass is 9.33. The highest BCUT2D eigenvalue weighted by molar-refractivity contribution is 5.76. The first-order valence-electron chi connectivity index (χ1n) is 13.8. The van der Waals surface area contributed by atoms with Crippen LogP contribution in [0.5, 0.6) is 0 Å². The Labute approximate surface area is 201 Å². The molecule has 2 N–H and O–H groups in total. The molecule has 4 fully saturated rings. The third kappa shape index (κ3) is 2.87. The molecule has 0 bridgehead atoms. The highest BCUT2D eigenvalue weighted by Crippen LogP contribution is 2.75. The summed E-state index contributed by atoms with van der Waals surface area (Å²) in [6.07, 6.45) is 12.6. The summed E-state index contributed by atoms with van der Waals surface area (Å²) >= 11 is 0. The van der Waals surface area contributed by atoms with Crippen LogP contribution in [0, 0.1) is 50.2 Å². The van der Waals surface area contributed by atoms with Crippen LogP contribution in [0.3, 0.4) is 0 Å². The fourth-order valence-corrected chi connectivity index (χ4v) is 10.6. The third-order valence-electron chi connectivity index (χ3n) is 13.0. The minimum atomic E-state index is -0.553. The highest BCUT2D eigenvalue weighted by Gasteiger charge is 2.69. The molecular weight excluding hydrogens is 408 g/mol. The van der Waals surface area contributed by atoms with Crippen molar-refractivity contribution in [1.29, 1.82) is 0 Å². The van der Waals surface area contributed by atoms with E-state index in [0.717, 1.165) is 51.4 Å². The van der Waals surface area contributed by atoms with Crippen molar-refractivity contribution in [3.8, 4) is 0 Å². The van der Waals surface area contributed by atoms with Gasteiger partial charge in [-0.2, -0.15) is 0 Å². The van der Waals surface area contributed by atoms with Crippen LogP contribution in [-0.2, 0) is 4.79 Å². The van der Waals surface area contributed by atoms with Crippen LogP contribution in [0.25, 0.3) is 0 Å². The molecule has 33 heavy (non-hydrogen) atoms. The monoisotopic (exact) mass is 456 g/mol. The van der Waals surface area contributed by atoms with Crippen LogP contribution in [-0.4, -0.2) is 22.3 Å². The van der Waals surface area contributed by atoms with Crippen LogP contribution in [0.4, 0.5) is 0 Å². The number of hydrogen-bond acceptors (Lipinski definition) is 2. The Balaban J connectivity index is 1.60. The van der Waals surface area contributed by atoms with Crippen molar-refractivity contribution in [2.45, 2.75) is 119 Å². The van der Waals surface area contributed by atoms with E-state index in [1.165, 1.54) is 18.4 Å². The molecule has 0 aromatic rings. The number of carbonyl (C=O) groups is 1. The Morgan fingerprint density at radius 1 is 0.879 bits per heavy atom. The van der Waals surface area contributed by atoms with E-state index in [9.17, 15) is 15.0 Å². The number of fused-ring (bicyclic) bond motifs is 7. The SMILES string of the molecule is CC1(C)CCC2(C(=O)O)CC[C@@]3(C)C(=CCC4[C@@]5(C)CCC(O)C(C)(C)C5CC[C@]43C)[C@@H]2C1. The molecule has 0 aliphatic heterocycles. The molecule has 5 aliphatic carbocycles. The lowest BCUT2D eigenvalue weighted by molar-refractivity contribution is -0.205. The first-order valence-corrected chi connectivity index (χ1v) is 13.8.